The Hall–Kier alpha value is -3.22. The third-order valence-electron chi connectivity index (χ3n) is 4.56. The summed E-state index contributed by atoms with van der Waals surface area (Å²) in [4.78, 5) is 18.4. The lowest BCUT2D eigenvalue weighted by atomic mass is 10.2. The molecule has 1 amide bonds. The Labute approximate surface area is 188 Å². The molecule has 0 unspecified atom stereocenters. The Balaban J connectivity index is 1.40. The number of fused-ring (bicyclic) bond motifs is 1. The van der Waals surface area contributed by atoms with E-state index in [2.05, 4.69) is 4.98 Å². The normalized spacial score (nSPS) is 11.9. The van der Waals surface area contributed by atoms with Crippen molar-refractivity contribution in [2.75, 3.05) is 11.9 Å². The number of halogens is 2. The van der Waals surface area contributed by atoms with Gasteiger partial charge in [-0.15, -0.1) is 0 Å². The number of ether oxygens (including phenoxy) is 2. The molecule has 0 aliphatic rings. The maximum atomic E-state index is 12.7. The zero-order valence-corrected chi connectivity index (χ0v) is 18.2. The van der Waals surface area contributed by atoms with E-state index in [1.165, 1.54) is 4.90 Å². The molecule has 0 fully saturated rings. The van der Waals surface area contributed by atoms with Gasteiger partial charge in [0.2, 0.25) is 0 Å². The van der Waals surface area contributed by atoms with Crippen molar-refractivity contribution in [2.45, 2.75) is 13.0 Å². The summed E-state index contributed by atoms with van der Waals surface area (Å²) in [6, 6.07) is 19.1. The molecule has 31 heavy (non-hydrogen) atoms. The van der Waals surface area contributed by atoms with Crippen LogP contribution in [0.2, 0.25) is 10.0 Å². The molecule has 0 saturated carbocycles. The fourth-order valence-corrected chi connectivity index (χ4v) is 3.40. The third kappa shape index (κ3) is 4.76. The number of rotatable bonds is 6. The largest absolute Gasteiger partial charge is 0.481 e. The first kappa shape index (κ1) is 21.0. The SMILES string of the molecule is C[C@@H](Oc1ccc(Oc2nc3ccc(Cl)cc3o2)cc1)C(=O)N(C)c1ccccc1Cl. The lowest BCUT2D eigenvalue weighted by Crippen LogP contribution is -2.38. The average Bonchev–Trinajstić information content (AvgIpc) is 3.15. The lowest BCUT2D eigenvalue weighted by molar-refractivity contribution is -0.124. The molecular weight excluding hydrogens is 439 g/mol. The summed E-state index contributed by atoms with van der Waals surface area (Å²) in [6.45, 7) is 1.68. The van der Waals surface area contributed by atoms with Gasteiger partial charge in [-0.25, -0.2) is 0 Å². The second-order valence-electron chi connectivity index (χ2n) is 6.77. The van der Waals surface area contributed by atoms with Crippen molar-refractivity contribution in [1.29, 1.82) is 0 Å². The van der Waals surface area contributed by atoms with Crippen molar-refractivity contribution in [1.82, 2.24) is 4.98 Å². The van der Waals surface area contributed by atoms with Crippen LogP contribution in [0.4, 0.5) is 5.69 Å². The molecule has 1 atom stereocenters. The fourth-order valence-electron chi connectivity index (χ4n) is 2.98. The summed E-state index contributed by atoms with van der Waals surface area (Å²) >= 11 is 12.1. The number of hydrogen-bond acceptors (Lipinski definition) is 5. The van der Waals surface area contributed by atoms with Gasteiger partial charge in [0, 0.05) is 18.1 Å². The van der Waals surface area contributed by atoms with E-state index in [0.717, 1.165) is 0 Å². The number of oxazole rings is 1. The van der Waals surface area contributed by atoms with Crippen LogP contribution in [0.25, 0.3) is 11.1 Å². The smallest absolute Gasteiger partial charge is 0.400 e. The van der Waals surface area contributed by atoms with Gasteiger partial charge in [-0.3, -0.25) is 4.79 Å². The Morgan fingerprint density at radius 3 is 2.48 bits per heavy atom. The van der Waals surface area contributed by atoms with Crippen molar-refractivity contribution >= 4 is 45.9 Å². The predicted octanol–water partition coefficient (Wildman–Crippen LogP) is 6.36. The van der Waals surface area contributed by atoms with Gasteiger partial charge in [0.1, 0.15) is 17.0 Å². The molecule has 0 spiro atoms. The van der Waals surface area contributed by atoms with Crippen LogP contribution in [0.3, 0.4) is 0 Å². The number of carbonyl (C=O) groups is 1. The molecule has 4 rings (SSSR count). The van der Waals surface area contributed by atoms with Crippen molar-refractivity contribution in [3.8, 4) is 17.6 Å². The number of benzene rings is 3. The van der Waals surface area contributed by atoms with E-state index in [4.69, 9.17) is 37.1 Å². The molecule has 8 heteroatoms. The Morgan fingerprint density at radius 2 is 1.74 bits per heavy atom. The molecule has 4 aromatic rings. The minimum atomic E-state index is -0.713. The van der Waals surface area contributed by atoms with E-state index >= 15 is 0 Å². The van der Waals surface area contributed by atoms with Gasteiger partial charge in [0.25, 0.3) is 5.91 Å². The van der Waals surface area contributed by atoms with E-state index in [0.29, 0.717) is 38.3 Å². The van der Waals surface area contributed by atoms with E-state index in [1.807, 2.05) is 12.1 Å². The molecule has 1 aromatic heterocycles. The minimum Gasteiger partial charge on any atom is -0.481 e. The predicted molar refractivity (Wildman–Crippen MR) is 120 cm³/mol. The molecule has 3 aromatic carbocycles. The number of carbonyl (C=O) groups excluding carboxylic acids is 1. The van der Waals surface area contributed by atoms with Gasteiger partial charge in [0.15, 0.2) is 11.7 Å². The first-order valence-electron chi connectivity index (χ1n) is 9.43. The van der Waals surface area contributed by atoms with Gasteiger partial charge < -0.3 is 18.8 Å². The van der Waals surface area contributed by atoms with Gasteiger partial charge >= 0.3 is 6.08 Å². The minimum absolute atomic E-state index is 0.107. The van der Waals surface area contributed by atoms with E-state index in [9.17, 15) is 4.79 Å². The summed E-state index contributed by atoms with van der Waals surface area (Å²) < 4.78 is 17.0. The molecule has 0 bridgehead atoms. The van der Waals surface area contributed by atoms with Gasteiger partial charge in [0.05, 0.1) is 10.7 Å². The Morgan fingerprint density at radius 1 is 1.03 bits per heavy atom. The quantitative estimate of drug-likeness (QED) is 0.337. The van der Waals surface area contributed by atoms with Crippen LogP contribution in [-0.4, -0.2) is 24.0 Å². The molecular formula is C23H18Cl2N2O4. The molecule has 0 saturated heterocycles. The molecule has 1 heterocycles. The van der Waals surface area contributed by atoms with Crippen LogP contribution in [0, 0.1) is 0 Å². The van der Waals surface area contributed by atoms with Gasteiger partial charge in [-0.1, -0.05) is 35.3 Å². The van der Waals surface area contributed by atoms with Crippen molar-refractivity contribution in [3.63, 3.8) is 0 Å². The van der Waals surface area contributed by atoms with E-state index < -0.39 is 6.10 Å². The monoisotopic (exact) mass is 456 g/mol. The lowest BCUT2D eigenvalue weighted by Gasteiger charge is -2.23. The summed E-state index contributed by atoms with van der Waals surface area (Å²) in [7, 11) is 1.66. The number of para-hydroxylation sites is 1. The molecule has 158 valence electrons. The molecule has 0 N–H and O–H groups in total. The average molecular weight is 457 g/mol. The number of hydrogen-bond donors (Lipinski definition) is 0. The van der Waals surface area contributed by atoms with E-state index in [-0.39, 0.29) is 12.0 Å². The highest BCUT2D eigenvalue weighted by molar-refractivity contribution is 6.33. The molecule has 0 aliphatic heterocycles. The first-order chi connectivity index (χ1) is 14.9. The summed E-state index contributed by atoms with van der Waals surface area (Å²) in [6.07, 6.45) is -0.606. The molecule has 0 radical (unpaired) electrons. The second-order valence-corrected chi connectivity index (χ2v) is 7.62. The fraction of sp³-hybridized carbons (Fsp3) is 0.130. The topological polar surface area (TPSA) is 64.8 Å². The van der Waals surface area contributed by atoms with Gasteiger partial charge in [-0.2, -0.15) is 4.98 Å². The summed E-state index contributed by atoms with van der Waals surface area (Å²) in [5, 5.41) is 1.05. The van der Waals surface area contributed by atoms with E-state index in [1.54, 1.807) is 68.6 Å². The highest BCUT2D eigenvalue weighted by Gasteiger charge is 2.22. The summed E-state index contributed by atoms with van der Waals surface area (Å²) in [5.74, 6) is 0.806. The van der Waals surface area contributed by atoms with Crippen LogP contribution in [0.5, 0.6) is 17.6 Å². The Kier molecular flexibility index (Phi) is 6.02. The second kappa shape index (κ2) is 8.88. The zero-order chi connectivity index (χ0) is 22.0. The number of likely N-dealkylation sites (N-methyl/N-ethyl adjacent to an activating group) is 1. The number of aromatic nitrogens is 1. The van der Waals surface area contributed by atoms with Gasteiger partial charge in [-0.05, 0) is 55.5 Å². The number of nitrogens with zero attached hydrogens (tertiary/aromatic N) is 2. The van der Waals surface area contributed by atoms with Crippen molar-refractivity contribution < 1.29 is 18.7 Å². The zero-order valence-electron chi connectivity index (χ0n) is 16.7. The highest BCUT2D eigenvalue weighted by atomic mass is 35.5. The number of amides is 1. The molecule has 0 aliphatic carbocycles. The maximum absolute atomic E-state index is 12.7. The highest BCUT2D eigenvalue weighted by Crippen LogP contribution is 2.29. The van der Waals surface area contributed by atoms with Crippen LogP contribution in [-0.2, 0) is 4.79 Å². The number of anilines is 1. The summed E-state index contributed by atoms with van der Waals surface area (Å²) in [5.41, 5.74) is 1.81. The molecule has 6 nitrogen and oxygen atoms in total. The van der Waals surface area contributed by atoms with Crippen LogP contribution in [0.15, 0.2) is 71.1 Å². The standard InChI is InChI=1S/C23H18Cl2N2O4/c1-14(22(28)27(2)20-6-4-3-5-18(20)25)29-16-8-10-17(11-9-16)30-23-26-19-12-7-15(24)13-21(19)31-23/h3-14H,1-2H3/t14-/m1/s1. The van der Waals surface area contributed by atoms with Crippen molar-refractivity contribution in [3.05, 3.63) is 76.8 Å². The van der Waals surface area contributed by atoms with Crippen LogP contribution in [0.1, 0.15) is 6.92 Å². The third-order valence-corrected chi connectivity index (χ3v) is 5.12. The first-order valence-corrected chi connectivity index (χ1v) is 10.2. The maximum Gasteiger partial charge on any atom is 0.400 e. The van der Waals surface area contributed by atoms with Crippen LogP contribution >= 0.6 is 23.2 Å². The van der Waals surface area contributed by atoms with Crippen LogP contribution < -0.4 is 14.4 Å². The Bertz CT molecular complexity index is 1220. The van der Waals surface area contributed by atoms with Crippen molar-refractivity contribution in [2.24, 2.45) is 0 Å².